The molecule has 0 fully saturated rings. The van der Waals surface area contributed by atoms with Crippen LogP contribution in [0.5, 0.6) is 0 Å². The number of carboxylic acids is 3. The number of thiophene rings is 3. The highest BCUT2D eigenvalue weighted by molar-refractivity contribution is 7.14. The number of hydrogen-bond acceptors (Lipinski definition) is 8. The molecule has 0 saturated heterocycles. The molecule has 0 bridgehead atoms. The molecule has 4 aliphatic carbocycles. The topological polar surface area (TPSA) is 152 Å². The molecule has 0 radical (unpaired) electrons. The Bertz CT molecular complexity index is 3550. The quantitative estimate of drug-likeness (QED) is 0.0336. The van der Waals surface area contributed by atoms with Crippen molar-refractivity contribution >= 4 is 68.6 Å². The van der Waals surface area contributed by atoms with E-state index in [4.69, 9.17) is 15.3 Å². The van der Waals surface area contributed by atoms with Gasteiger partial charge in [-0.05, 0) is 232 Å². The predicted octanol–water partition coefficient (Wildman–Crippen LogP) is 20.0. The van der Waals surface area contributed by atoms with Crippen LogP contribution in [-0.2, 0) is 38.0 Å². The van der Waals surface area contributed by atoms with Gasteiger partial charge in [-0.2, -0.15) is 0 Å². The third-order valence-corrected chi connectivity index (χ3v) is 21.3. The van der Waals surface area contributed by atoms with Gasteiger partial charge in [0.2, 0.25) is 0 Å². The van der Waals surface area contributed by atoms with Crippen LogP contribution in [0.4, 0.5) is 8.78 Å². The van der Waals surface area contributed by atoms with E-state index in [9.17, 15) is 33.4 Å². The van der Waals surface area contributed by atoms with Crippen LogP contribution in [0.25, 0.3) is 16.7 Å². The second-order valence-electron chi connectivity index (χ2n) is 24.2. The summed E-state index contributed by atoms with van der Waals surface area (Å²) < 4.78 is 28.8. The predicted molar refractivity (Wildman–Crippen MR) is 355 cm³/mol. The van der Waals surface area contributed by atoms with E-state index in [0.717, 1.165) is 146 Å². The van der Waals surface area contributed by atoms with E-state index >= 15 is 0 Å². The average Bonchev–Trinajstić information content (AvgIpc) is 2.75. The third kappa shape index (κ3) is 18.1. The summed E-state index contributed by atoms with van der Waals surface area (Å²) in [6.07, 6.45) is 26.9. The first kappa shape index (κ1) is 65.8. The van der Waals surface area contributed by atoms with Crippen LogP contribution in [0.3, 0.4) is 0 Å². The van der Waals surface area contributed by atoms with Crippen molar-refractivity contribution in [2.45, 2.75) is 173 Å². The zero-order chi connectivity index (χ0) is 62.2. The van der Waals surface area contributed by atoms with Crippen molar-refractivity contribution in [2.24, 2.45) is 17.8 Å². The van der Waals surface area contributed by atoms with Gasteiger partial charge in [-0.3, -0.25) is 0 Å². The maximum atomic E-state index is 14.4. The molecule has 2 unspecified atom stereocenters. The Morgan fingerprint density at radius 1 is 0.557 bits per heavy atom. The van der Waals surface area contributed by atoms with E-state index in [1.807, 2.05) is 43.3 Å². The number of aromatic carboxylic acids is 3. The number of allylic oxidation sites excluding steroid dienone is 6. The number of aliphatic hydroxyl groups excluding tert-OH is 2. The number of alkyl halides is 2. The van der Waals surface area contributed by atoms with Gasteiger partial charge in [0.25, 0.3) is 5.92 Å². The number of carbonyl (C=O) groups is 3. The summed E-state index contributed by atoms with van der Waals surface area (Å²) in [7, 11) is 0. The summed E-state index contributed by atoms with van der Waals surface area (Å²) in [6, 6.07) is 41.1. The summed E-state index contributed by atoms with van der Waals surface area (Å²) in [5, 5.41) is 47.8. The Labute approximate surface area is 530 Å². The Morgan fingerprint density at radius 2 is 1.02 bits per heavy atom. The minimum atomic E-state index is -2.76. The summed E-state index contributed by atoms with van der Waals surface area (Å²) in [4.78, 5) is 37.7. The van der Waals surface area contributed by atoms with Crippen LogP contribution >= 0.6 is 34.0 Å². The van der Waals surface area contributed by atoms with E-state index < -0.39 is 29.9 Å². The van der Waals surface area contributed by atoms with Gasteiger partial charge in [-0.15, -0.1) is 34.0 Å². The minimum Gasteiger partial charge on any atom is -0.477 e. The van der Waals surface area contributed by atoms with Gasteiger partial charge < -0.3 is 25.5 Å². The number of carboxylic acid groups (broad SMARTS) is 3. The average molecular weight is 1250 g/mol. The standard InChI is InChI=1S/C28H30O3S.C25H30F2O2S.C22H24O3S/c1-19-5-2-6-20(17-19)18-26(29)23-13-11-22(12-14-23)25-10-4-8-21(25)7-3-9-24-15-16-27(32-24)28(30)31;1-2-3-4-17-25(26,27)20-13-11-19(12-14-20)22-10-6-8-18(22)7-5-9-21-15-16-23(30-21)24(28)29;23-20-11-8-16-13-15(7-10-19(16)20)18-6-2-4-14(18)3-1-5-17-9-12-21(26-17)22(24)25/h2,5-6,10-17,21,26,29H,3-4,7-9,18H2,1H3,(H,30,31);10-16,18H,2-9,17H2,1H3,(H,28,29);6-7,9-10,12-14,20,23H,1-5,8,11H2,(H,24,25)/t21-,26?;18-;14-,20?/m000/s1. The van der Waals surface area contributed by atoms with Gasteiger partial charge in [0.05, 0.1) is 12.2 Å². The fourth-order valence-electron chi connectivity index (χ4n) is 13.2. The molecule has 13 heteroatoms. The van der Waals surface area contributed by atoms with Crippen molar-refractivity contribution in [3.05, 3.63) is 225 Å². The van der Waals surface area contributed by atoms with Crippen molar-refractivity contribution in [2.75, 3.05) is 0 Å². The SMILES string of the molecule is CCCCCC(F)(F)c1ccc(C2=CCC[C@@H]2CCCc2ccc(C(=O)O)s2)cc1.Cc1cccc(CC(O)c2ccc(C3=CCC[C@@H]3CCCc3ccc(C(=O)O)s3)cc2)c1.O=C(O)c1ccc(CCC[C@H]2CCC=C2c2ccc3c(c2)CCC3O)s1. The highest BCUT2D eigenvalue weighted by atomic mass is 32.1. The summed E-state index contributed by atoms with van der Waals surface area (Å²) in [6.45, 7) is 4.09. The fraction of sp³-hybridized carbons (Fsp3) is 0.400. The molecule has 5 N–H and O–H groups in total. The number of hydrogen-bond donors (Lipinski definition) is 5. The number of aliphatic hydroxyl groups is 2. The molecule has 3 heterocycles. The number of benzene rings is 4. The number of aryl methyl sites for hydroxylation is 5. The van der Waals surface area contributed by atoms with Gasteiger partial charge in [0, 0.05) is 33.0 Å². The van der Waals surface area contributed by atoms with E-state index in [-0.39, 0.29) is 18.1 Å². The molecule has 0 spiro atoms. The van der Waals surface area contributed by atoms with Gasteiger partial charge in [0.1, 0.15) is 14.6 Å². The molecule has 11 rings (SSSR count). The van der Waals surface area contributed by atoms with Crippen LogP contribution in [0.15, 0.2) is 146 Å². The van der Waals surface area contributed by atoms with Crippen molar-refractivity contribution in [3.63, 3.8) is 0 Å². The largest absolute Gasteiger partial charge is 0.477 e. The lowest BCUT2D eigenvalue weighted by Crippen LogP contribution is -2.13. The highest BCUT2D eigenvalue weighted by Gasteiger charge is 2.31. The van der Waals surface area contributed by atoms with Gasteiger partial charge in [-0.1, -0.05) is 135 Å². The van der Waals surface area contributed by atoms with E-state index in [1.54, 1.807) is 30.3 Å². The molecule has 5 atom stereocenters. The summed E-state index contributed by atoms with van der Waals surface area (Å²) in [5.74, 6) is -3.70. The maximum absolute atomic E-state index is 14.4. The lowest BCUT2D eigenvalue weighted by atomic mass is 9.89. The number of halogens is 2. The molecule has 0 amide bonds. The van der Waals surface area contributed by atoms with Crippen LogP contribution in [-0.4, -0.2) is 43.4 Å². The normalized spacial score (nSPS) is 18.1. The summed E-state index contributed by atoms with van der Waals surface area (Å²) in [5.41, 5.74) is 13.6. The lowest BCUT2D eigenvalue weighted by Gasteiger charge is -2.19. The minimum absolute atomic E-state index is 0.0855. The summed E-state index contributed by atoms with van der Waals surface area (Å²) >= 11 is 4.13. The van der Waals surface area contributed by atoms with Crippen molar-refractivity contribution in [1.82, 2.24) is 0 Å². The Hall–Kier alpha value is -6.61. The van der Waals surface area contributed by atoms with Gasteiger partial charge in [-0.25, -0.2) is 23.2 Å². The second kappa shape index (κ2) is 31.7. The first-order valence-electron chi connectivity index (χ1n) is 31.7. The zero-order valence-electron chi connectivity index (χ0n) is 50.7. The molecular formula is C75H84F2O8S3. The first-order chi connectivity index (χ1) is 42.5. The Balaban J connectivity index is 0.000000158. The fourth-order valence-corrected chi connectivity index (χ4v) is 15.9. The smallest absolute Gasteiger partial charge is 0.345 e. The molecule has 464 valence electrons. The van der Waals surface area contributed by atoms with E-state index in [1.165, 1.54) is 85.8 Å². The zero-order valence-corrected chi connectivity index (χ0v) is 53.2. The number of fused-ring (bicyclic) bond motifs is 1. The third-order valence-electron chi connectivity index (χ3n) is 17.9. The van der Waals surface area contributed by atoms with Crippen LogP contribution < -0.4 is 0 Å². The molecule has 88 heavy (non-hydrogen) atoms. The molecule has 0 aliphatic heterocycles. The van der Waals surface area contributed by atoms with E-state index in [0.29, 0.717) is 45.2 Å². The van der Waals surface area contributed by atoms with Crippen molar-refractivity contribution in [1.29, 1.82) is 0 Å². The molecule has 8 nitrogen and oxygen atoms in total. The monoisotopic (exact) mass is 1250 g/mol. The number of rotatable bonds is 26. The maximum Gasteiger partial charge on any atom is 0.345 e. The number of unbranched alkanes of at least 4 members (excludes halogenated alkanes) is 2. The molecule has 0 saturated carbocycles. The van der Waals surface area contributed by atoms with Gasteiger partial charge in [0.15, 0.2) is 0 Å². The lowest BCUT2D eigenvalue weighted by molar-refractivity contribution is -0.0157. The highest BCUT2D eigenvalue weighted by Crippen LogP contribution is 2.43. The molecule has 4 aromatic carbocycles. The van der Waals surface area contributed by atoms with Crippen LogP contribution in [0.1, 0.15) is 222 Å². The van der Waals surface area contributed by atoms with E-state index in [2.05, 4.69) is 85.8 Å². The van der Waals surface area contributed by atoms with Crippen LogP contribution in [0, 0.1) is 24.7 Å². The Kier molecular flexibility index (Phi) is 23.7. The Morgan fingerprint density at radius 3 is 1.48 bits per heavy atom. The second-order valence-corrected chi connectivity index (χ2v) is 27.7. The molecule has 4 aliphatic rings. The van der Waals surface area contributed by atoms with Crippen molar-refractivity contribution < 1.29 is 48.7 Å². The molecule has 3 aromatic heterocycles. The van der Waals surface area contributed by atoms with Crippen LogP contribution in [0.2, 0.25) is 0 Å². The first-order valence-corrected chi connectivity index (χ1v) is 34.2. The van der Waals surface area contributed by atoms with Crippen molar-refractivity contribution in [3.8, 4) is 0 Å². The molecule has 7 aromatic rings. The molecular weight excluding hydrogens is 1160 g/mol. The van der Waals surface area contributed by atoms with Gasteiger partial charge >= 0.3 is 17.9 Å².